The Bertz CT molecular complexity index is 2430. The summed E-state index contributed by atoms with van der Waals surface area (Å²) in [4.78, 5) is 70.9. The van der Waals surface area contributed by atoms with Gasteiger partial charge < -0.3 is 39.9 Å². The van der Waals surface area contributed by atoms with Crippen LogP contribution in [0.15, 0.2) is 85.2 Å². The van der Waals surface area contributed by atoms with Crippen LogP contribution in [-0.2, 0) is 19.1 Å². The Morgan fingerprint density at radius 3 is 1.32 bits per heavy atom. The molecule has 322 valence electrons. The van der Waals surface area contributed by atoms with Crippen LogP contribution in [0.4, 0.5) is 9.59 Å². The fourth-order valence-electron chi connectivity index (χ4n) is 8.14. The van der Waals surface area contributed by atoms with Crippen molar-refractivity contribution >= 4 is 24.0 Å². The number of hydrogen-bond acceptors (Lipinski definition) is 8. The minimum absolute atomic E-state index is 0.103. The second kappa shape index (κ2) is 19.2. The summed E-state index contributed by atoms with van der Waals surface area (Å²) in [7, 11) is 2.58. The number of alkyl carbamates (subject to hydrolysis) is 2. The molecule has 2 fully saturated rings. The number of aromatic nitrogens is 4. The maximum atomic E-state index is 13.5. The minimum Gasteiger partial charge on any atom is -0.453 e. The molecule has 3 aromatic carbocycles. The largest absolute Gasteiger partial charge is 0.453 e. The lowest BCUT2D eigenvalue weighted by Gasteiger charge is -2.29. The summed E-state index contributed by atoms with van der Waals surface area (Å²) in [5, 5.41) is 5.39. The summed E-state index contributed by atoms with van der Waals surface area (Å²) < 4.78 is 9.51. The third-order valence-electron chi connectivity index (χ3n) is 11.6. The van der Waals surface area contributed by atoms with Gasteiger partial charge in [-0.1, -0.05) is 88.1 Å². The van der Waals surface area contributed by atoms with Crippen molar-refractivity contribution in [2.45, 2.75) is 77.5 Å². The van der Waals surface area contributed by atoms with Crippen LogP contribution in [0.5, 0.6) is 0 Å². The van der Waals surface area contributed by atoms with Crippen LogP contribution in [0.1, 0.15) is 88.2 Å². The number of benzene rings is 3. The number of hydrogen-bond donors (Lipinski definition) is 4. The Morgan fingerprint density at radius 1 is 0.597 bits per heavy atom. The maximum absolute atomic E-state index is 13.5. The zero-order valence-corrected chi connectivity index (χ0v) is 36.0. The first-order valence-corrected chi connectivity index (χ1v) is 21.2. The highest BCUT2D eigenvalue weighted by Crippen LogP contribution is 2.35. The molecule has 5 aromatic rings. The average molecular weight is 839 g/mol. The van der Waals surface area contributed by atoms with Crippen LogP contribution in [0, 0.1) is 23.7 Å². The van der Waals surface area contributed by atoms with Crippen LogP contribution in [-0.4, -0.2) is 93.1 Å². The van der Waals surface area contributed by atoms with Gasteiger partial charge in [-0.25, -0.2) is 19.6 Å². The first kappa shape index (κ1) is 43.2. The molecule has 1 unspecified atom stereocenters. The van der Waals surface area contributed by atoms with Gasteiger partial charge in [-0.15, -0.1) is 0 Å². The molecule has 0 spiro atoms. The maximum Gasteiger partial charge on any atom is 0.407 e. The quantitative estimate of drug-likeness (QED) is 0.0983. The molecule has 2 aliphatic heterocycles. The standard InChI is InChI=1S/C48H54N8O6/c1-29(2)41(53-47(59)61-5)45(57)55-25-7-9-39(55)43-49-27-37(51-43)35-19-15-32(16-20-35)12-11-31-13-17-33(18-14-31)34-21-23-36(24-22-34)38-28-50-44(52-38)40-10-8-26-56(40)46(58)42(30(3)4)54-48(60)62-6/h13-24,27-30,39-42H,7-10,25-26H2,1-6H3,(H,49,51)(H,50,52)(H,53,59)(H,54,60)/t39?,40-,41-,42-/m0/s1. The first-order valence-electron chi connectivity index (χ1n) is 21.2. The topological polar surface area (TPSA) is 175 Å². The van der Waals surface area contributed by atoms with E-state index in [2.05, 4.69) is 56.7 Å². The molecule has 4 heterocycles. The Kier molecular flexibility index (Phi) is 13.4. The van der Waals surface area contributed by atoms with E-state index in [9.17, 15) is 19.2 Å². The number of ether oxygens (including phenoxy) is 2. The molecular weight excluding hydrogens is 785 g/mol. The van der Waals surface area contributed by atoms with Crippen molar-refractivity contribution in [3.63, 3.8) is 0 Å². The highest BCUT2D eigenvalue weighted by Gasteiger charge is 2.39. The number of nitrogens with zero attached hydrogens (tertiary/aromatic N) is 4. The van der Waals surface area contributed by atoms with Gasteiger partial charge in [0, 0.05) is 47.7 Å². The summed E-state index contributed by atoms with van der Waals surface area (Å²) in [6, 6.07) is 22.5. The van der Waals surface area contributed by atoms with E-state index in [1.807, 2.05) is 93.5 Å². The molecule has 2 aromatic heterocycles. The summed E-state index contributed by atoms with van der Waals surface area (Å²) in [5.41, 5.74) is 7.36. The lowest BCUT2D eigenvalue weighted by Crippen LogP contribution is -2.51. The molecule has 14 heteroatoms. The second-order valence-corrected chi connectivity index (χ2v) is 16.4. The van der Waals surface area contributed by atoms with Gasteiger partial charge in [-0.2, -0.15) is 0 Å². The zero-order chi connectivity index (χ0) is 43.9. The Morgan fingerprint density at radius 2 is 0.952 bits per heavy atom. The number of likely N-dealkylation sites (tertiary alicyclic amines) is 2. The summed E-state index contributed by atoms with van der Waals surface area (Å²) in [6.45, 7) is 8.79. The molecule has 0 saturated carbocycles. The third kappa shape index (κ3) is 9.68. The van der Waals surface area contributed by atoms with E-state index >= 15 is 0 Å². The van der Waals surface area contributed by atoms with Gasteiger partial charge in [0.05, 0.1) is 37.7 Å². The van der Waals surface area contributed by atoms with Crippen LogP contribution in [0.2, 0.25) is 0 Å². The highest BCUT2D eigenvalue weighted by atomic mass is 16.5. The molecule has 7 rings (SSSR count). The zero-order valence-electron chi connectivity index (χ0n) is 36.0. The van der Waals surface area contributed by atoms with Gasteiger partial charge in [-0.3, -0.25) is 9.59 Å². The number of imidazole rings is 2. The number of H-pyrrole nitrogens is 2. The molecule has 14 nitrogen and oxygen atoms in total. The smallest absolute Gasteiger partial charge is 0.407 e. The molecule has 2 aliphatic rings. The lowest BCUT2D eigenvalue weighted by molar-refractivity contribution is -0.136. The Labute approximate surface area is 362 Å². The third-order valence-corrected chi connectivity index (χ3v) is 11.6. The van der Waals surface area contributed by atoms with E-state index in [-0.39, 0.29) is 35.7 Å². The van der Waals surface area contributed by atoms with Crippen LogP contribution >= 0.6 is 0 Å². The van der Waals surface area contributed by atoms with Gasteiger partial charge >= 0.3 is 12.2 Å². The molecular formula is C48H54N8O6. The Hall–Kier alpha value is -6.88. The van der Waals surface area contributed by atoms with Crippen LogP contribution in [0.3, 0.4) is 0 Å². The molecule has 0 aliphatic carbocycles. The number of aromatic amines is 2. The summed E-state index contributed by atoms with van der Waals surface area (Å²) in [6.07, 6.45) is 5.75. The normalized spacial score (nSPS) is 17.0. The molecule has 0 radical (unpaired) electrons. The molecule has 2 saturated heterocycles. The first-order chi connectivity index (χ1) is 29.9. The highest BCUT2D eigenvalue weighted by molar-refractivity contribution is 5.87. The summed E-state index contributed by atoms with van der Waals surface area (Å²) >= 11 is 0. The molecule has 4 N–H and O–H groups in total. The van der Waals surface area contributed by atoms with Gasteiger partial charge in [0.2, 0.25) is 11.8 Å². The molecule has 0 bridgehead atoms. The van der Waals surface area contributed by atoms with Gasteiger partial charge in [0.15, 0.2) is 0 Å². The van der Waals surface area contributed by atoms with Crippen molar-refractivity contribution < 1.29 is 28.7 Å². The van der Waals surface area contributed by atoms with E-state index in [1.54, 1.807) is 4.90 Å². The predicted octanol–water partition coefficient (Wildman–Crippen LogP) is 7.62. The number of carbonyl (C=O) groups excluding carboxylic acids is 4. The fraction of sp³-hybridized carbons (Fsp3) is 0.375. The van der Waals surface area contributed by atoms with E-state index in [1.165, 1.54) is 14.2 Å². The van der Waals surface area contributed by atoms with Crippen molar-refractivity contribution in [2.24, 2.45) is 11.8 Å². The fourth-order valence-corrected chi connectivity index (χ4v) is 8.14. The minimum atomic E-state index is -0.688. The van der Waals surface area contributed by atoms with Crippen molar-refractivity contribution in [3.8, 4) is 45.5 Å². The van der Waals surface area contributed by atoms with Gasteiger partial charge in [0.25, 0.3) is 0 Å². The van der Waals surface area contributed by atoms with E-state index in [0.717, 1.165) is 82.1 Å². The van der Waals surface area contributed by atoms with Crippen LogP contribution in [0.25, 0.3) is 33.6 Å². The summed E-state index contributed by atoms with van der Waals surface area (Å²) in [5.74, 6) is 7.50. The van der Waals surface area contributed by atoms with Crippen molar-refractivity contribution in [1.82, 2.24) is 40.4 Å². The van der Waals surface area contributed by atoms with Gasteiger partial charge in [-0.05, 0) is 72.9 Å². The SMILES string of the molecule is COC(=O)N[C@H](C(=O)N1CCCC1c1nc(-c2ccc(C#Cc3ccc(-c4ccc(-c5c[nH]c([C@@H]6CCCN6C(=O)[C@@H](NC(=O)OC)C(C)C)n5)cc4)cc3)cc2)c[nH]1)C(C)C. The number of nitrogens with one attached hydrogen (secondary N) is 4. The van der Waals surface area contributed by atoms with Crippen molar-refractivity contribution in [3.05, 3.63) is 108 Å². The molecule has 4 amide bonds. The number of carbonyl (C=O) groups is 4. The van der Waals surface area contributed by atoms with Crippen molar-refractivity contribution in [1.29, 1.82) is 0 Å². The Balaban J connectivity index is 0.954. The monoisotopic (exact) mass is 838 g/mol. The van der Waals surface area contributed by atoms with Gasteiger partial charge in [0.1, 0.15) is 23.7 Å². The predicted molar refractivity (Wildman–Crippen MR) is 235 cm³/mol. The van der Waals surface area contributed by atoms with E-state index in [4.69, 9.17) is 19.4 Å². The molecule has 62 heavy (non-hydrogen) atoms. The van der Waals surface area contributed by atoms with E-state index < -0.39 is 24.3 Å². The number of rotatable bonds is 11. The number of methoxy groups -OCH3 is 2. The van der Waals surface area contributed by atoms with Crippen LogP contribution < -0.4 is 10.6 Å². The second-order valence-electron chi connectivity index (χ2n) is 16.4. The lowest BCUT2D eigenvalue weighted by atomic mass is 10.0. The molecule has 4 atom stereocenters. The van der Waals surface area contributed by atoms with E-state index in [0.29, 0.717) is 13.1 Å². The average Bonchev–Trinajstić information content (AvgIpc) is 4.14. The van der Waals surface area contributed by atoms with Crippen molar-refractivity contribution in [2.75, 3.05) is 27.3 Å². The number of amides is 4.